The summed E-state index contributed by atoms with van der Waals surface area (Å²) in [6.45, 7) is 1.69. The molecule has 0 aliphatic carbocycles. The number of likely N-dealkylation sites (tertiary alicyclic amines) is 1. The number of carbonyl (C=O) groups excluding carboxylic acids is 1. The van der Waals surface area contributed by atoms with Gasteiger partial charge >= 0.3 is 5.97 Å². The Labute approximate surface area is 111 Å². The molecule has 2 heterocycles. The molecule has 1 amide bonds. The molecular formula is C13H17N3O3. The van der Waals surface area contributed by atoms with Crippen molar-refractivity contribution in [2.75, 3.05) is 32.1 Å². The molecule has 1 N–H and O–H groups in total. The summed E-state index contributed by atoms with van der Waals surface area (Å²) in [5.74, 6) is -0.522. The van der Waals surface area contributed by atoms with Crippen LogP contribution >= 0.6 is 0 Å². The first-order valence-corrected chi connectivity index (χ1v) is 6.14. The Hall–Kier alpha value is -1.95. The summed E-state index contributed by atoms with van der Waals surface area (Å²) in [6.07, 6.45) is 2.12. The number of pyridine rings is 1. The van der Waals surface area contributed by atoms with Crippen molar-refractivity contribution in [3.05, 3.63) is 23.9 Å². The summed E-state index contributed by atoms with van der Waals surface area (Å²) in [5, 5.41) is 8.80. The zero-order chi connectivity index (χ0) is 14.0. The number of amides is 1. The van der Waals surface area contributed by atoms with E-state index >= 15 is 0 Å². The molecule has 1 fully saturated rings. The first-order valence-electron chi connectivity index (χ1n) is 6.14. The molecule has 1 aliphatic rings. The average Bonchev–Trinajstić information content (AvgIpc) is 2.84. The molecule has 1 aromatic rings. The third kappa shape index (κ3) is 2.90. The molecule has 1 unspecified atom stereocenters. The first kappa shape index (κ1) is 13.5. The van der Waals surface area contributed by atoms with E-state index in [0.717, 1.165) is 19.5 Å². The van der Waals surface area contributed by atoms with E-state index in [1.54, 1.807) is 13.1 Å². The van der Waals surface area contributed by atoms with E-state index in [1.807, 2.05) is 7.05 Å². The third-order valence-corrected chi connectivity index (χ3v) is 3.41. The van der Waals surface area contributed by atoms with Gasteiger partial charge in [0.05, 0.1) is 11.5 Å². The Morgan fingerprint density at radius 1 is 1.47 bits per heavy atom. The Morgan fingerprint density at radius 3 is 2.68 bits per heavy atom. The normalized spacial score (nSPS) is 19.4. The molecule has 1 saturated heterocycles. The standard InChI is InChI=1S/C13H17N3O3/c1-15-6-5-10(8-15)12(17)16(2)11-4-3-9(7-14-11)13(18)19/h3-4,7,10H,5-6,8H2,1-2H3,(H,18,19). The molecule has 6 heteroatoms. The minimum absolute atomic E-state index is 0.00375. The number of carboxylic acids is 1. The van der Waals surface area contributed by atoms with Crippen molar-refractivity contribution in [2.24, 2.45) is 5.92 Å². The van der Waals surface area contributed by atoms with Crippen molar-refractivity contribution in [1.29, 1.82) is 0 Å². The van der Waals surface area contributed by atoms with E-state index in [0.29, 0.717) is 5.82 Å². The number of aromatic carboxylic acids is 1. The fourth-order valence-electron chi connectivity index (χ4n) is 2.23. The van der Waals surface area contributed by atoms with Crippen LogP contribution in [0.25, 0.3) is 0 Å². The topological polar surface area (TPSA) is 73.7 Å². The van der Waals surface area contributed by atoms with Crippen molar-refractivity contribution in [3.63, 3.8) is 0 Å². The molecule has 6 nitrogen and oxygen atoms in total. The van der Waals surface area contributed by atoms with E-state index in [9.17, 15) is 9.59 Å². The Balaban J connectivity index is 2.08. The van der Waals surface area contributed by atoms with E-state index in [1.165, 1.54) is 17.2 Å². The van der Waals surface area contributed by atoms with Gasteiger partial charge in [0, 0.05) is 19.8 Å². The SMILES string of the molecule is CN1CCC(C(=O)N(C)c2ccc(C(=O)O)cn2)C1. The lowest BCUT2D eigenvalue weighted by Crippen LogP contribution is -2.34. The molecule has 1 aliphatic heterocycles. The Kier molecular flexibility index (Phi) is 3.80. The quantitative estimate of drug-likeness (QED) is 0.868. The van der Waals surface area contributed by atoms with Crippen molar-refractivity contribution >= 4 is 17.7 Å². The minimum atomic E-state index is -1.02. The number of carbonyl (C=O) groups is 2. The largest absolute Gasteiger partial charge is 0.478 e. The molecule has 1 aromatic heterocycles. The van der Waals surface area contributed by atoms with Gasteiger partial charge in [-0.1, -0.05) is 0 Å². The van der Waals surface area contributed by atoms with Crippen LogP contribution in [0.3, 0.4) is 0 Å². The smallest absolute Gasteiger partial charge is 0.337 e. The van der Waals surface area contributed by atoms with Crippen LogP contribution in [0.4, 0.5) is 5.82 Å². The van der Waals surface area contributed by atoms with Gasteiger partial charge in [-0.3, -0.25) is 9.69 Å². The first-order chi connectivity index (χ1) is 8.99. The van der Waals surface area contributed by atoms with Gasteiger partial charge in [0.15, 0.2) is 0 Å². The molecule has 0 radical (unpaired) electrons. The summed E-state index contributed by atoms with van der Waals surface area (Å²) in [4.78, 5) is 30.6. The van der Waals surface area contributed by atoms with E-state index in [4.69, 9.17) is 5.11 Å². The van der Waals surface area contributed by atoms with Crippen LogP contribution in [0.15, 0.2) is 18.3 Å². The van der Waals surface area contributed by atoms with Crippen LogP contribution < -0.4 is 4.90 Å². The lowest BCUT2D eigenvalue weighted by molar-refractivity contribution is -0.121. The number of hydrogen-bond acceptors (Lipinski definition) is 4. The number of carboxylic acid groups (broad SMARTS) is 1. The van der Waals surface area contributed by atoms with E-state index in [2.05, 4.69) is 9.88 Å². The molecule has 2 rings (SSSR count). The number of nitrogens with zero attached hydrogens (tertiary/aromatic N) is 3. The maximum atomic E-state index is 12.3. The van der Waals surface area contributed by atoms with Gasteiger partial charge in [-0.2, -0.15) is 0 Å². The van der Waals surface area contributed by atoms with Crippen molar-refractivity contribution < 1.29 is 14.7 Å². The summed E-state index contributed by atoms with van der Waals surface area (Å²) < 4.78 is 0. The summed E-state index contributed by atoms with van der Waals surface area (Å²) in [6, 6.07) is 3.01. The highest BCUT2D eigenvalue weighted by atomic mass is 16.4. The molecule has 0 saturated carbocycles. The molecule has 0 spiro atoms. The van der Waals surface area contributed by atoms with Crippen LogP contribution in [0.5, 0.6) is 0 Å². The van der Waals surface area contributed by atoms with Crippen molar-refractivity contribution in [1.82, 2.24) is 9.88 Å². The fraction of sp³-hybridized carbons (Fsp3) is 0.462. The summed E-state index contributed by atoms with van der Waals surface area (Å²) in [7, 11) is 3.66. The predicted octanol–water partition coefficient (Wildman–Crippen LogP) is 0.694. The second-order valence-corrected chi connectivity index (χ2v) is 4.86. The van der Waals surface area contributed by atoms with Gasteiger partial charge in [-0.25, -0.2) is 9.78 Å². The Bertz CT molecular complexity index is 486. The van der Waals surface area contributed by atoms with Crippen LogP contribution in [0, 0.1) is 5.92 Å². The average molecular weight is 263 g/mol. The maximum Gasteiger partial charge on any atom is 0.337 e. The van der Waals surface area contributed by atoms with Crippen LogP contribution in [-0.2, 0) is 4.79 Å². The lowest BCUT2D eigenvalue weighted by atomic mass is 10.1. The summed E-state index contributed by atoms with van der Waals surface area (Å²) in [5.41, 5.74) is 0.116. The number of aromatic nitrogens is 1. The highest BCUT2D eigenvalue weighted by Crippen LogP contribution is 2.19. The molecule has 102 valence electrons. The van der Waals surface area contributed by atoms with Crippen LogP contribution in [0.2, 0.25) is 0 Å². The Morgan fingerprint density at radius 2 is 2.21 bits per heavy atom. The van der Waals surface area contributed by atoms with E-state index in [-0.39, 0.29) is 17.4 Å². The van der Waals surface area contributed by atoms with Gasteiger partial charge in [-0.05, 0) is 32.1 Å². The predicted molar refractivity (Wildman–Crippen MR) is 70.2 cm³/mol. The summed E-state index contributed by atoms with van der Waals surface area (Å²) >= 11 is 0. The molecule has 0 bridgehead atoms. The van der Waals surface area contributed by atoms with Crippen molar-refractivity contribution in [3.8, 4) is 0 Å². The van der Waals surface area contributed by atoms with Crippen LogP contribution in [0.1, 0.15) is 16.8 Å². The monoisotopic (exact) mass is 263 g/mol. The van der Waals surface area contributed by atoms with Crippen LogP contribution in [-0.4, -0.2) is 54.1 Å². The fourth-order valence-corrected chi connectivity index (χ4v) is 2.23. The maximum absolute atomic E-state index is 12.3. The lowest BCUT2D eigenvalue weighted by Gasteiger charge is -2.20. The molecule has 0 aromatic carbocycles. The number of anilines is 1. The van der Waals surface area contributed by atoms with Gasteiger partial charge < -0.3 is 10.0 Å². The van der Waals surface area contributed by atoms with Gasteiger partial charge in [0.1, 0.15) is 5.82 Å². The van der Waals surface area contributed by atoms with Gasteiger partial charge in [0.2, 0.25) is 5.91 Å². The second kappa shape index (κ2) is 5.36. The highest BCUT2D eigenvalue weighted by Gasteiger charge is 2.29. The second-order valence-electron chi connectivity index (χ2n) is 4.86. The zero-order valence-electron chi connectivity index (χ0n) is 11.0. The van der Waals surface area contributed by atoms with E-state index < -0.39 is 5.97 Å². The highest BCUT2D eigenvalue weighted by molar-refractivity contribution is 5.94. The molecule has 19 heavy (non-hydrogen) atoms. The van der Waals surface area contributed by atoms with Crippen molar-refractivity contribution in [2.45, 2.75) is 6.42 Å². The molecule has 1 atom stereocenters. The van der Waals surface area contributed by atoms with Gasteiger partial charge in [0.25, 0.3) is 0 Å². The minimum Gasteiger partial charge on any atom is -0.478 e. The third-order valence-electron chi connectivity index (χ3n) is 3.41. The molecular weight excluding hydrogens is 246 g/mol. The number of rotatable bonds is 3. The number of hydrogen-bond donors (Lipinski definition) is 1. The zero-order valence-corrected chi connectivity index (χ0v) is 11.0. The van der Waals surface area contributed by atoms with Gasteiger partial charge in [-0.15, -0.1) is 0 Å².